The summed E-state index contributed by atoms with van der Waals surface area (Å²) >= 11 is 0. The van der Waals surface area contributed by atoms with E-state index < -0.39 is 6.10 Å². The Balaban J connectivity index is 4.43. The van der Waals surface area contributed by atoms with E-state index in [0.29, 0.717) is 19.3 Å². The van der Waals surface area contributed by atoms with Crippen molar-refractivity contribution in [2.24, 2.45) is 0 Å². The molecule has 1 unspecified atom stereocenters. The van der Waals surface area contributed by atoms with E-state index in [1.165, 1.54) is 128 Å². The van der Waals surface area contributed by atoms with Crippen LogP contribution in [0, 0.1) is 0 Å². The molecular weight excluding hydrogens is 841 g/mol. The van der Waals surface area contributed by atoms with Crippen LogP contribution in [0.1, 0.15) is 284 Å². The molecule has 68 heavy (non-hydrogen) atoms. The molecule has 0 aromatic heterocycles. The molecule has 0 amide bonds. The van der Waals surface area contributed by atoms with Crippen molar-refractivity contribution in [3.8, 4) is 0 Å². The maximum Gasteiger partial charge on any atom is 0.306 e. The number of hydrogen-bond acceptors (Lipinski definition) is 6. The van der Waals surface area contributed by atoms with E-state index in [1.807, 2.05) is 0 Å². The Morgan fingerprint density at radius 2 is 0.618 bits per heavy atom. The summed E-state index contributed by atoms with van der Waals surface area (Å²) in [5, 5.41) is 0. The van der Waals surface area contributed by atoms with Crippen LogP contribution >= 0.6 is 0 Å². The van der Waals surface area contributed by atoms with Gasteiger partial charge in [0.25, 0.3) is 0 Å². The lowest BCUT2D eigenvalue weighted by Crippen LogP contribution is -2.30. The van der Waals surface area contributed by atoms with E-state index in [-0.39, 0.29) is 31.1 Å². The third-order valence-corrected chi connectivity index (χ3v) is 12.5. The van der Waals surface area contributed by atoms with Gasteiger partial charge in [-0.3, -0.25) is 14.4 Å². The number of carbonyl (C=O) groups excluding carboxylic acids is 3. The maximum absolute atomic E-state index is 12.9. The van der Waals surface area contributed by atoms with Crippen LogP contribution in [0.2, 0.25) is 0 Å². The van der Waals surface area contributed by atoms with Crippen molar-refractivity contribution in [2.45, 2.75) is 290 Å². The summed E-state index contributed by atoms with van der Waals surface area (Å²) in [4.78, 5) is 38.2. The summed E-state index contributed by atoms with van der Waals surface area (Å²) in [5.41, 5.74) is 0. The molecular formula is C62H108O6. The van der Waals surface area contributed by atoms with Gasteiger partial charge in [0.1, 0.15) is 13.2 Å². The zero-order valence-electron chi connectivity index (χ0n) is 44.9. The molecule has 0 bridgehead atoms. The lowest BCUT2D eigenvalue weighted by molar-refractivity contribution is -0.167. The Morgan fingerprint density at radius 1 is 0.324 bits per heavy atom. The molecule has 0 rings (SSSR count). The van der Waals surface area contributed by atoms with Crippen molar-refractivity contribution < 1.29 is 28.6 Å². The number of rotatable bonds is 52. The quantitative estimate of drug-likeness (QED) is 0.0199. The SMILES string of the molecule is CC/C=C\C/C=C\CCCCCCCCCC(=O)OCC(COC(=O)CCCCCCC/C=C\C=C/CCCCCCCCC)OC(=O)CCCCCCC/C=C\C=C/CCCCCCCCC. The van der Waals surface area contributed by atoms with Gasteiger partial charge in [-0.25, -0.2) is 0 Å². The van der Waals surface area contributed by atoms with Crippen molar-refractivity contribution in [3.63, 3.8) is 0 Å². The minimum absolute atomic E-state index is 0.0908. The molecule has 0 radical (unpaired) electrons. The van der Waals surface area contributed by atoms with Gasteiger partial charge in [-0.1, -0.05) is 241 Å². The van der Waals surface area contributed by atoms with Crippen LogP contribution < -0.4 is 0 Å². The molecule has 0 N–H and O–H groups in total. The first kappa shape index (κ1) is 64.8. The highest BCUT2D eigenvalue weighted by atomic mass is 16.6. The van der Waals surface area contributed by atoms with Crippen LogP contribution in [0.15, 0.2) is 72.9 Å². The summed E-state index contributed by atoms with van der Waals surface area (Å²) in [6, 6.07) is 0. The Morgan fingerprint density at radius 3 is 0.971 bits per heavy atom. The molecule has 0 fully saturated rings. The van der Waals surface area contributed by atoms with E-state index >= 15 is 0 Å². The van der Waals surface area contributed by atoms with Gasteiger partial charge in [-0.05, 0) is 96.3 Å². The second kappa shape index (κ2) is 56.4. The second-order valence-electron chi connectivity index (χ2n) is 19.2. The second-order valence-corrected chi connectivity index (χ2v) is 19.2. The predicted octanol–water partition coefficient (Wildman–Crippen LogP) is 19.4. The third kappa shape index (κ3) is 53.8. The van der Waals surface area contributed by atoms with E-state index in [4.69, 9.17) is 14.2 Å². The first-order valence-corrected chi connectivity index (χ1v) is 29.0. The normalized spacial score (nSPS) is 12.6. The van der Waals surface area contributed by atoms with Crippen molar-refractivity contribution in [3.05, 3.63) is 72.9 Å². The predicted molar refractivity (Wildman–Crippen MR) is 293 cm³/mol. The Bertz CT molecular complexity index is 1270. The van der Waals surface area contributed by atoms with Crippen LogP contribution in [0.25, 0.3) is 0 Å². The summed E-state index contributed by atoms with van der Waals surface area (Å²) in [7, 11) is 0. The minimum atomic E-state index is -0.794. The highest BCUT2D eigenvalue weighted by Crippen LogP contribution is 2.15. The van der Waals surface area contributed by atoms with Crippen LogP contribution in [0.3, 0.4) is 0 Å². The van der Waals surface area contributed by atoms with E-state index in [0.717, 1.165) is 116 Å². The van der Waals surface area contributed by atoms with Gasteiger partial charge in [0, 0.05) is 19.3 Å². The summed E-state index contributed by atoms with van der Waals surface area (Å²) in [6.07, 6.45) is 71.7. The molecule has 6 heteroatoms. The van der Waals surface area contributed by atoms with E-state index in [1.54, 1.807) is 0 Å². The maximum atomic E-state index is 12.9. The molecule has 392 valence electrons. The molecule has 0 aromatic rings. The molecule has 0 saturated heterocycles. The number of esters is 3. The molecule has 0 spiro atoms. The molecule has 0 aliphatic heterocycles. The van der Waals surface area contributed by atoms with Crippen LogP contribution in [0.4, 0.5) is 0 Å². The zero-order valence-corrected chi connectivity index (χ0v) is 44.9. The van der Waals surface area contributed by atoms with E-state index in [9.17, 15) is 14.4 Å². The largest absolute Gasteiger partial charge is 0.462 e. The van der Waals surface area contributed by atoms with Gasteiger partial charge >= 0.3 is 17.9 Å². The first-order chi connectivity index (χ1) is 33.5. The average Bonchev–Trinajstić information content (AvgIpc) is 3.34. The smallest absolute Gasteiger partial charge is 0.306 e. The van der Waals surface area contributed by atoms with Gasteiger partial charge in [0.2, 0.25) is 0 Å². The Labute approximate surface area is 421 Å². The lowest BCUT2D eigenvalue weighted by atomic mass is 10.1. The van der Waals surface area contributed by atoms with Crippen LogP contribution in [-0.4, -0.2) is 37.2 Å². The molecule has 0 aliphatic carbocycles. The third-order valence-electron chi connectivity index (χ3n) is 12.5. The first-order valence-electron chi connectivity index (χ1n) is 29.0. The van der Waals surface area contributed by atoms with Gasteiger partial charge < -0.3 is 14.2 Å². The highest BCUT2D eigenvalue weighted by molar-refractivity contribution is 5.71. The lowest BCUT2D eigenvalue weighted by Gasteiger charge is -2.18. The van der Waals surface area contributed by atoms with Gasteiger partial charge in [-0.15, -0.1) is 0 Å². The van der Waals surface area contributed by atoms with Crippen molar-refractivity contribution in [2.75, 3.05) is 13.2 Å². The Kier molecular flexibility index (Phi) is 53.8. The Hall–Kier alpha value is -3.15. The van der Waals surface area contributed by atoms with Gasteiger partial charge in [0.15, 0.2) is 6.10 Å². The fraction of sp³-hybridized carbons (Fsp3) is 0.758. The van der Waals surface area contributed by atoms with Crippen molar-refractivity contribution in [1.82, 2.24) is 0 Å². The number of hydrogen-bond donors (Lipinski definition) is 0. The van der Waals surface area contributed by atoms with Crippen LogP contribution in [0.5, 0.6) is 0 Å². The molecule has 0 saturated carbocycles. The van der Waals surface area contributed by atoms with Gasteiger partial charge in [-0.2, -0.15) is 0 Å². The molecule has 6 nitrogen and oxygen atoms in total. The number of unbranched alkanes of at least 4 members (excludes halogenated alkanes) is 31. The summed E-state index contributed by atoms with van der Waals surface area (Å²) < 4.78 is 16.8. The number of allylic oxidation sites excluding steroid dienone is 12. The van der Waals surface area contributed by atoms with Crippen molar-refractivity contribution >= 4 is 17.9 Å². The van der Waals surface area contributed by atoms with Crippen molar-refractivity contribution in [1.29, 1.82) is 0 Å². The number of carbonyl (C=O) groups is 3. The molecule has 0 heterocycles. The van der Waals surface area contributed by atoms with E-state index in [2.05, 4.69) is 93.7 Å². The fourth-order valence-corrected chi connectivity index (χ4v) is 8.11. The molecule has 0 aliphatic rings. The standard InChI is InChI=1S/C62H108O6/c1-4-7-10-13-16-19-22-25-28-30-32-34-37-40-43-46-49-52-55-61(64)67-58-59(57-66-60(63)54-51-48-45-42-39-36-27-24-21-18-15-12-9-6-3)68-62(65)56-53-50-47-44-41-38-35-33-31-29-26-23-20-17-14-11-8-5-2/h9,12,18,21,28-35,59H,4-8,10-11,13-17,19-20,22-27,36-58H2,1-3H3/b12-9-,21-18-,30-28-,31-29-,34-32-,35-33-. The fourth-order valence-electron chi connectivity index (χ4n) is 8.11. The monoisotopic (exact) mass is 949 g/mol. The molecule has 1 atom stereocenters. The topological polar surface area (TPSA) is 78.9 Å². The van der Waals surface area contributed by atoms with Gasteiger partial charge in [0.05, 0.1) is 0 Å². The summed E-state index contributed by atoms with van der Waals surface area (Å²) in [5.74, 6) is -0.921. The highest BCUT2D eigenvalue weighted by Gasteiger charge is 2.19. The average molecular weight is 950 g/mol. The minimum Gasteiger partial charge on any atom is -0.462 e. The zero-order chi connectivity index (χ0) is 49.3. The summed E-state index contributed by atoms with van der Waals surface area (Å²) in [6.45, 7) is 6.51. The van der Waals surface area contributed by atoms with Crippen LogP contribution in [-0.2, 0) is 28.6 Å². The number of ether oxygens (including phenoxy) is 3. The molecule has 0 aromatic carbocycles.